The van der Waals surface area contributed by atoms with E-state index in [0.29, 0.717) is 23.9 Å². The van der Waals surface area contributed by atoms with Gasteiger partial charge in [0.15, 0.2) is 0 Å². The fourth-order valence-electron chi connectivity index (χ4n) is 10.1. The number of nitrogens with one attached hydrogen (secondary N) is 1. The lowest BCUT2D eigenvalue weighted by Gasteiger charge is -2.27. The molecule has 0 rings (SSSR count). The normalized spacial score (nSPS) is 13.6. The molecule has 0 saturated heterocycles. The minimum atomic E-state index is -4.44. The lowest BCUT2D eigenvalue weighted by molar-refractivity contribution is -0.870. The van der Waals surface area contributed by atoms with Crippen LogP contribution in [0.2, 0.25) is 0 Å². The van der Waals surface area contributed by atoms with E-state index in [-0.39, 0.29) is 25.1 Å². The average molecular weight is 1080 g/mol. The van der Waals surface area contributed by atoms with E-state index in [9.17, 15) is 19.0 Å². The Hall–Kier alpha value is -1.25. The molecule has 446 valence electrons. The van der Waals surface area contributed by atoms with E-state index in [4.69, 9.17) is 13.8 Å². The van der Waals surface area contributed by atoms with Gasteiger partial charge in [-0.05, 0) is 31.8 Å². The number of ether oxygens (including phenoxy) is 1. The molecule has 0 saturated carbocycles. The van der Waals surface area contributed by atoms with Crippen LogP contribution in [0.15, 0.2) is 12.2 Å². The summed E-state index contributed by atoms with van der Waals surface area (Å²) in [6.45, 7) is 7.06. The summed E-state index contributed by atoms with van der Waals surface area (Å²) in [6, 6.07) is -0.839. The molecule has 0 radical (unpaired) electrons. The minimum absolute atomic E-state index is 0.0457. The molecule has 0 bridgehead atoms. The maximum atomic E-state index is 13.5. The molecule has 0 aliphatic heterocycles. The number of likely N-dealkylation sites (N-methyl/N-ethyl adjacent to an activating group) is 1. The molecule has 0 spiro atoms. The number of carbonyl (C=O) groups is 2. The number of phosphoric acid groups is 1. The summed E-state index contributed by atoms with van der Waals surface area (Å²) in [7, 11) is 1.52. The number of rotatable bonds is 61. The van der Waals surface area contributed by atoms with Crippen LogP contribution in [0.25, 0.3) is 0 Å². The van der Waals surface area contributed by atoms with Crippen LogP contribution < -0.4 is 5.32 Å². The third-order valence-electron chi connectivity index (χ3n) is 15.2. The van der Waals surface area contributed by atoms with Crippen molar-refractivity contribution in [2.45, 2.75) is 354 Å². The fourth-order valence-corrected chi connectivity index (χ4v) is 10.9. The van der Waals surface area contributed by atoms with Crippen molar-refractivity contribution in [2.24, 2.45) is 0 Å². The van der Waals surface area contributed by atoms with Gasteiger partial charge in [-0.25, -0.2) is 4.57 Å². The van der Waals surface area contributed by atoms with Crippen molar-refractivity contribution in [3.05, 3.63) is 12.2 Å². The third-order valence-corrected chi connectivity index (χ3v) is 16.2. The molecule has 3 atom stereocenters. The second-order valence-corrected chi connectivity index (χ2v) is 25.5. The first-order valence-electron chi connectivity index (χ1n) is 33.0. The van der Waals surface area contributed by atoms with Crippen LogP contribution in [-0.4, -0.2) is 74.3 Å². The van der Waals surface area contributed by atoms with Gasteiger partial charge in [0.05, 0.1) is 33.8 Å². The first-order chi connectivity index (χ1) is 36.4. The van der Waals surface area contributed by atoms with Crippen molar-refractivity contribution in [1.29, 1.82) is 0 Å². The SMILES string of the molecule is CCCCCCCCCCCCC/C=C\C(OC(=O)CCCCCCCCCCCCCCCCCCCCCCCCCCC)C(COP(=O)(O)OCC[N+](C)(C)C)NC(=O)CCCCCCCCCCCCC. The monoisotopic (exact) mass is 1080 g/mol. The van der Waals surface area contributed by atoms with E-state index >= 15 is 0 Å². The molecule has 0 heterocycles. The van der Waals surface area contributed by atoms with Crippen LogP contribution in [0.5, 0.6) is 0 Å². The largest absolute Gasteiger partial charge is 0.472 e. The molecule has 10 heteroatoms. The number of hydrogen-bond acceptors (Lipinski definition) is 6. The van der Waals surface area contributed by atoms with Gasteiger partial charge < -0.3 is 19.4 Å². The Morgan fingerprint density at radius 3 is 1.09 bits per heavy atom. The lowest BCUT2D eigenvalue weighted by Crippen LogP contribution is -2.47. The number of unbranched alkanes of at least 4 members (excludes halogenated alkanes) is 45. The van der Waals surface area contributed by atoms with Gasteiger partial charge in [-0.2, -0.15) is 0 Å². The van der Waals surface area contributed by atoms with E-state index in [0.717, 1.165) is 57.8 Å². The summed E-state index contributed by atoms with van der Waals surface area (Å²) in [5.74, 6) is -0.484. The van der Waals surface area contributed by atoms with Crippen molar-refractivity contribution >= 4 is 19.7 Å². The van der Waals surface area contributed by atoms with Gasteiger partial charge in [0, 0.05) is 12.8 Å². The maximum absolute atomic E-state index is 13.5. The Balaban J connectivity index is 5.00. The zero-order valence-electron chi connectivity index (χ0n) is 51.1. The zero-order chi connectivity index (χ0) is 55.0. The summed E-state index contributed by atoms with van der Waals surface area (Å²) >= 11 is 0. The average Bonchev–Trinajstić information content (AvgIpc) is 3.37. The Morgan fingerprint density at radius 2 is 0.760 bits per heavy atom. The van der Waals surface area contributed by atoms with Gasteiger partial charge in [-0.1, -0.05) is 309 Å². The number of allylic oxidation sites excluding steroid dienone is 1. The molecule has 0 aromatic rings. The highest BCUT2D eigenvalue weighted by atomic mass is 31.2. The van der Waals surface area contributed by atoms with E-state index in [1.54, 1.807) is 0 Å². The maximum Gasteiger partial charge on any atom is 0.472 e. The number of esters is 1. The highest BCUT2D eigenvalue weighted by molar-refractivity contribution is 7.47. The Morgan fingerprint density at radius 1 is 0.453 bits per heavy atom. The van der Waals surface area contributed by atoms with Crippen LogP contribution in [0.1, 0.15) is 342 Å². The van der Waals surface area contributed by atoms with Crippen LogP contribution in [0, 0.1) is 0 Å². The minimum Gasteiger partial charge on any atom is -0.456 e. The molecule has 1 amide bonds. The van der Waals surface area contributed by atoms with Gasteiger partial charge in [0.2, 0.25) is 5.91 Å². The predicted octanol–water partition coefficient (Wildman–Crippen LogP) is 20.3. The number of quaternary nitrogens is 1. The number of nitrogens with zero attached hydrogens (tertiary/aromatic N) is 1. The van der Waals surface area contributed by atoms with Gasteiger partial charge >= 0.3 is 13.8 Å². The van der Waals surface area contributed by atoms with Crippen LogP contribution in [-0.2, 0) is 27.9 Å². The lowest BCUT2D eigenvalue weighted by atomic mass is 10.0. The topological polar surface area (TPSA) is 111 Å². The highest BCUT2D eigenvalue weighted by Crippen LogP contribution is 2.43. The van der Waals surface area contributed by atoms with Crippen LogP contribution in [0.3, 0.4) is 0 Å². The predicted molar refractivity (Wildman–Crippen MR) is 323 cm³/mol. The number of amides is 1. The molecule has 75 heavy (non-hydrogen) atoms. The molecule has 2 N–H and O–H groups in total. The molecule has 0 aromatic heterocycles. The van der Waals surface area contributed by atoms with Crippen molar-refractivity contribution < 1.29 is 37.3 Å². The molecular weight excluding hydrogens is 952 g/mol. The summed E-state index contributed by atoms with van der Waals surface area (Å²) in [4.78, 5) is 37.7. The number of phosphoric ester groups is 1. The van der Waals surface area contributed by atoms with Crippen LogP contribution in [0.4, 0.5) is 0 Å². The van der Waals surface area contributed by atoms with E-state index in [1.165, 1.54) is 250 Å². The molecule has 9 nitrogen and oxygen atoms in total. The number of hydrogen-bond donors (Lipinski definition) is 2. The van der Waals surface area contributed by atoms with Crippen molar-refractivity contribution in [3.63, 3.8) is 0 Å². The van der Waals surface area contributed by atoms with Crippen LogP contribution >= 0.6 is 7.82 Å². The quantitative estimate of drug-likeness (QED) is 0.0205. The van der Waals surface area contributed by atoms with E-state index in [2.05, 4.69) is 26.1 Å². The smallest absolute Gasteiger partial charge is 0.456 e. The summed E-state index contributed by atoms with van der Waals surface area (Å²) in [5.41, 5.74) is 0. The zero-order valence-corrected chi connectivity index (χ0v) is 52.0. The first-order valence-corrected chi connectivity index (χ1v) is 34.5. The Labute approximate surface area is 467 Å². The van der Waals surface area contributed by atoms with Gasteiger partial charge in [-0.3, -0.25) is 18.6 Å². The second-order valence-electron chi connectivity index (χ2n) is 24.0. The summed E-state index contributed by atoms with van der Waals surface area (Å²) in [5, 5.41) is 3.06. The molecule has 0 aliphatic carbocycles. The molecule has 3 unspecified atom stereocenters. The number of carbonyl (C=O) groups excluding carboxylic acids is 2. The molecular formula is C65H130N2O7P+. The van der Waals surface area contributed by atoms with Gasteiger partial charge in [0.1, 0.15) is 19.3 Å². The van der Waals surface area contributed by atoms with E-state index < -0.39 is 20.0 Å². The van der Waals surface area contributed by atoms with Crippen molar-refractivity contribution in [3.8, 4) is 0 Å². The highest BCUT2D eigenvalue weighted by Gasteiger charge is 2.30. The summed E-state index contributed by atoms with van der Waals surface area (Å²) in [6.07, 6.45) is 65.1. The van der Waals surface area contributed by atoms with Gasteiger partial charge in [-0.15, -0.1) is 0 Å². The Kier molecular flexibility index (Phi) is 55.1. The molecule has 0 fully saturated rings. The third kappa shape index (κ3) is 57.3. The van der Waals surface area contributed by atoms with Crippen molar-refractivity contribution in [1.82, 2.24) is 5.32 Å². The van der Waals surface area contributed by atoms with E-state index in [1.807, 2.05) is 33.3 Å². The second kappa shape index (κ2) is 56.0. The first kappa shape index (κ1) is 73.8. The Bertz CT molecular complexity index is 1290. The standard InChI is InChI=1S/C65H129N2O7P/c1-7-10-13-16-19-22-25-27-28-29-30-31-32-33-34-35-36-37-38-40-43-46-49-52-55-58-65(69)74-63(56-53-50-47-44-42-39-26-23-20-17-14-11-8-2)62(61-73-75(70,71)72-60-59-67(4,5)6)66-64(68)57-54-51-48-45-41-24-21-18-15-12-9-3/h53,56,62-63H,7-52,54-55,57-61H2,1-6H3,(H-,66,68,70,71)/p+1/b56-53-. The van der Waals surface area contributed by atoms with Gasteiger partial charge in [0.25, 0.3) is 0 Å². The molecule has 0 aliphatic rings. The summed E-state index contributed by atoms with van der Waals surface area (Å²) < 4.78 is 30.7. The van der Waals surface area contributed by atoms with Crippen molar-refractivity contribution in [2.75, 3.05) is 40.9 Å². The molecule has 0 aromatic carbocycles. The fraction of sp³-hybridized carbons (Fsp3) is 0.938.